The van der Waals surface area contributed by atoms with E-state index in [4.69, 9.17) is 19.2 Å². The summed E-state index contributed by atoms with van der Waals surface area (Å²) >= 11 is 0. The molecule has 0 saturated carbocycles. The molecular formula is C7H20NO7P. The van der Waals surface area contributed by atoms with Crippen LogP contribution in [0, 0.1) is 0 Å². The van der Waals surface area contributed by atoms with Crippen LogP contribution in [0.25, 0.3) is 0 Å². The highest BCUT2D eigenvalue weighted by molar-refractivity contribution is 7.43. The number of phosphoric acid groups is 1. The third-order valence-corrected chi connectivity index (χ3v) is 2.42. The topological polar surface area (TPSA) is 141 Å². The number of aliphatic hydroxyl groups excluding tert-OH is 3. The van der Waals surface area contributed by atoms with Gasteiger partial charge in [0.15, 0.2) is 18.7 Å². The minimum atomic E-state index is -4.89. The van der Waals surface area contributed by atoms with E-state index in [1.54, 1.807) is 27.8 Å². The predicted octanol–water partition coefficient (Wildman–Crippen LogP) is -2.11. The SMILES string of the molecule is CC(O)[N+](C)(C(C)O)C(C)O.O=P([O-])(O)O. The molecule has 0 heterocycles. The average Bonchev–Trinajstić information content (AvgIpc) is 1.98. The van der Waals surface area contributed by atoms with Gasteiger partial charge in [0.05, 0.1) is 7.05 Å². The maximum atomic E-state index is 9.26. The second kappa shape index (κ2) is 6.63. The molecule has 0 aromatic rings. The fourth-order valence-corrected chi connectivity index (χ4v) is 0.937. The largest absolute Gasteiger partial charge is 0.756 e. The molecular weight excluding hydrogens is 241 g/mol. The molecule has 0 aromatic carbocycles. The Kier molecular flexibility index (Phi) is 7.59. The van der Waals surface area contributed by atoms with Gasteiger partial charge in [0, 0.05) is 20.8 Å². The second-order valence-corrected chi connectivity index (χ2v) is 4.59. The maximum Gasteiger partial charge on any atom is 0.262 e. The molecule has 0 aliphatic rings. The van der Waals surface area contributed by atoms with Gasteiger partial charge in [-0.3, -0.25) is 9.05 Å². The fraction of sp³-hybridized carbons (Fsp3) is 1.00. The molecule has 3 unspecified atom stereocenters. The van der Waals surface area contributed by atoms with Gasteiger partial charge in [0.25, 0.3) is 7.82 Å². The van der Waals surface area contributed by atoms with Gasteiger partial charge >= 0.3 is 0 Å². The number of hydrogen-bond donors (Lipinski definition) is 5. The summed E-state index contributed by atoms with van der Waals surface area (Å²) in [6.45, 7) is 4.62. The first-order valence-corrected chi connectivity index (χ1v) is 6.02. The molecule has 0 aromatic heterocycles. The lowest BCUT2D eigenvalue weighted by atomic mass is 10.3. The predicted molar refractivity (Wildman–Crippen MR) is 53.3 cm³/mol. The zero-order valence-electron chi connectivity index (χ0n) is 9.68. The lowest BCUT2D eigenvalue weighted by molar-refractivity contribution is -1.03. The van der Waals surface area contributed by atoms with Gasteiger partial charge in [-0.05, 0) is 0 Å². The highest BCUT2D eigenvalue weighted by Gasteiger charge is 2.37. The van der Waals surface area contributed by atoms with Crippen LogP contribution in [-0.2, 0) is 4.57 Å². The summed E-state index contributed by atoms with van der Waals surface area (Å²) in [5.41, 5.74) is 0. The first-order valence-electron chi connectivity index (χ1n) is 4.49. The molecule has 5 N–H and O–H groups in total. The number of rotatable bonds is 3. The minimum absolute atomic E-state index is 0.167. The third-order valence-electron chi connectivity index (χ3n) is 2.42. The Morgan fingerprint density at radius 3 is 1.12 bits per heavy atom. The zero-order valence-corrected chi connectivity index (χ0v) is 10.6. The maximum absolute atomic E-state index is 9.26. The van der Waals surface area contributed by atoms with Crippen LogP contribution in [0.3, 0.4) is 0 Å². The third kappa shape index (κ3) is 7.26. The Balaban J connectivity index is 0. The monoisotopic (exact) mass is 261 g/mol. The van der Waals surface area contributed by atoms with Crippen LogP contribution in [0.1, 0.15) is 20.8 Å². The van der Waals surface area contributed by atoms with E-state index in [2.05, 4.69) is 0 Å². The standard InChI is InChI=1S/C7H18NO3.H3O4P/c1-5(9)8(4,6(2)10)7(3)11;1-5(2,3)4/h5-7,9-11H,1-4H3;(H3,1,2,3,4)/q+1;/p-1. The van der Waals surface area contributed by atoms with Gasteiger partial charge in [-0.2, -0.15) is 0 Å². The molecule has 0 amide bonds. The zero-order chi connectivity index (χ0) is 13.7. The molecule has 0 aliphatic carbocycles. The summed E-state index contributed by atoms with van der Waals surface area (Å²) in [6, 6.07) is 0. The number of quaternary nitrogens is 1. The van der Waals surface area contributed by atoms with E-state index in [-0.39, 0.29) is 4.48 Å². The van der Waals surface area contributed by atoms with Crippen molar-refractivity contribution in [2.75, 3.05) is 7.05 Å². The molecule has 0 saturated heterocycles. The lowest BCUT2D eigenvalue weighted by Crippen LogP contribution is -2.61. The molecule has 0 bridgehead atoms. The van der Waals surface area contributed by atoms with Gasteiger partial charge < -0.3 is 30.0 Å². The van der Waals surface area contributed by atoms with Gasteiger partial charge in [-0.15, -0.1) is 0 Å². The number of hydrogen-bond acceptors (Lipinski definition) is 5. The molecule has 8 nitrogen and oxygen atoms in total. The molecule has 9 heteroatoms. The van der Waals surface area contributed by atoms with Gasteiger partial charge in [-0.25, -0.2) is 0 Å². The molecule has 0 rings (SSSR count). The van der Waals surface area contributed by atoms with Crippen molar-refractivity contribution < 1.29 is 39.0 Å². The summed E-state index contributed by atoms with van der Waals surface area (Å²) in [5, 5.41) is 27.8. The van der Waals surface area contributed by atoms with Crippen molar-refractivity contribution in [3.05, 3.63) is 0 Å². The van der Waals surface area contributed by atoms with Crippen LogP contribution in [0.4, 0.5) is 0 Å². The van der Waals surface area contributed by atoms with Crippen molar-refractivity contribution in [3.8, 4) is 0 Å². The number of nitrogens with zero attached hydrogens (tertiary/aromatic N) is 1. The summed E-state index contributed by atoms with van der Waals surface area (Å²) in [4.78, 5) is 22.9. The van der Waals surface area contributed by atoms with Gasteiger partial charge in [0.1, 0.15) is 0 Å². The Morgan fingerprint density at radius 2 is 1.12 bits per heavy atom. The highest BCUT2D eigenvalue weighted by Crippen LogP contribution is 2.19. The molecule has 16 heavy (non-hydrogen) atoms. The Morgan fingerprint density at radius 1 is 1.00 bits per heavy atom. The van der Waals surface area contributed by atoms with E-state index in [0.29, 0.717) is 0 Å². The molecule has 0 radical (unpaired) electrons. The summed E-state index contributed by atoms with van der Waals surface area (Å²) < 4.78 is 8.60. The van der Waals surface area contributed by atoms with Crippen molar-refractivity contribution in [2.24, 2.45) is 0 Å². The van der Waals surface area contributed by atoms with Crippen LogP contribution in [0.5, 0.6) is 0 Å². The Labute approximate surface area is 94.2 Å². The summed E-state index contributed by atoms with van der Waals surface area (Å²) in [7, 11) is -3.29. The molecule has 0 fully saturated rings. The van der Waals surface area contributed by atoms with E-state index >= 15 is 0 Å². The van der Waals surface area contributed by atoms with Crippen LogP contribution in [0.15, 0.2) is 0 Å². The molecule has 0 aliphatic heterocycles. The second-order valence-electron chi connectivity index (χ2n) is 3.61. The van der Waals surface area contributed by atoms with E-state index in [1.807, 2.05) is 0 Å². The Hall–Kier alpha value is -0.0500. The average molecular weight is 261 g/mol. The molecule has 100 valence electrons. The minimum Gasteiger partial charge on any atom is -0.756 e. The van der Waals surface area contributed by atoms with Crippen molar-refractivity contribution in [1.82, 2.24) is 0 Å². The van der Waals surface area contributed by atoms with Crippen molar-refractivity contribution >= 4 is 7.82 Å². The van der Waals surface area contributed by atoms with Gasteiger partial charge in [0.2, 0.25) is 0 Å². The van der Waals surface area contributed by atoms with Crippen molar-refractivity contribution in [1.29, 1.82) is 0 Å². The molecule has 0 spiro atoms. The number of aliphatic hydroxyl groups is 3. The van der Waals surface area contributed by atoms with E-state index < -0.39 is 26.5 Å². The van der Waals surface area contributed by atoms with Crippen molar-refractivity contribution in [2.45, 2.75) is 39.5 Å². The van der Waals surface area contributed by atoms with Gasteiger partial charge in [-0.1, -0.05) is 0 Å². The van der Waals surface area contributed by atoms with Crippen LogP contribution in [0.2, 0.25) is 0 Å². The normalized spacial score (nSPS) is 21.1. The van der Waals surface area contributed by atoms with Crippen LogP contribution >= 0.6 is 7.82 Å². The quantitative estimate of drug-likeness (QED) is 0.222. The van der Waals surface area contributed by atoms with Crippen LogP contribution < -0.4 is 4.89 Å². The van der Waals surface area contributed by atoms with E-state index in [1.165, 1.54) is 0 Å². The van der Waals surface area contributed by atoms with Crippen molar-refractivity contribution in [3.63, 3.8) is 0 Å². The molecule has 3 atom stereocenters. The van der Waals surface area contributed by atoms with E-state index in [9.17, 15) is 15.3 Å². The Bertz CT molecular complexity index is 207. The first-order chi connectivity index (χ1) is 6.83. The highest BCUT2D eigenvalue weighted by atomic mass is 31.2. The smallest absolute Gasteiger partial charge is 0.262 e. The first kappa shape index (κ1) is 18.3. The summed E-state index contributed by atoms with van der Waals surface area (Å²) in [6.07, 6.45) is -2.35. The van der Waals surface area contributed by atoms with E-state index in [0.717, 1.165) is 0 Å². The lowest BCUT2D eigenvalue weighted by Gasteiger charge is -2.41. The summed E-state index contributed by atoms with van der Waals surface area (Å²) in [5.74, 6) is 0. The van der Waals surface area contributed by atoms with Crippen LogP contribution in [-0.4, -0.2) is 55.3 Å². The fourth-order valence-electron chi connectivity index (χ4n) is 0.937.